The second-order valence-electron chi connectivity index (χ2n) is 5.29. The van der Waals surface area contributed by atoms with Crippen LogP contribution in [0.2, 0.25) is 5.02 Å². The average molecular weight is 296 g/mol. The number of rotatable bonds is 10. The van der Waals surface area contributed by atoms with Crippen LogP contribution in [0.4, 0.5) is 0 Å². The first-order valence-electron chi connectivity index (χ1n) is 7.39. The molecular weight excluding hydrogens is 270 g/mol. The zero-order chi connectivity index (χ0) is 14.8. The Morgan fingerprint density at radius 2 is 2.10 bits per heavy atom. The van der Waals surface area contributed by atoms with Crippen LogP contribution in [0.3, 0.4) is 0 Å². The molecule has 1 N–H and O–H groups in total. The van der Waals surface area contributed by atoms with Crippen molar-refractivity contribution in [1.82, 2.24) is 5.32 Å². The third kappa shape index (κ3) is 6.97. The second kappa shape index (κ2) is 9.84. The Hall–Kier alpha value is -0.990. The lowest BCUT2D eigenvalue weighted by molar-refractivity contribution is 0.305. The van der Waals surface area contributed by atoms with E-state index in [1.165, 1.54) is 18.4 Å². The molecule has 0 fully saturated rings. The molecule has 0 aliphatic heterocycles. The molecule has 1 rings (SSSR count). The highest BCUT2D eigenvalue weighted by Crippen LogP contribution is 2.25. The summed E-state index contributed by atoms with van der Waals surface area (Å²) in [6.07, 6.45) is 6.45. The minimum absolute atomic E-state index is 0.472. The van der Waals surface area contributed by atoms with Gasteiger partial charge in [-0.05, 0) is 43.4 Å². The normalized spacial score (nSPS) is 10.8. The summed E-state index contributed by atoms with van der Waals surface area (Å²) in [4.78, 5) is 0. The zero-order valence-corrected chi connectivity index (χ0v) is 13.4. The fourth-order valence-corrected chi connectivity index (χ4v) is 2.10. The number of halogens is 1. The molecule has 20 heavy (non-hydrogen) atoms. The smallest absolute Gasteiger partial charge is 0.137 e. The van der Waals surface area contributed by atoms with Crippen LogP contribution in [0.25, 0.3) is 0 Å². The maximum Gasteiger partial charge on any atom is 0.137 e. The third-order valence-electron chi connectivity index (χ3n) is 3.02. The Morgan fingerprint density at radius 1 is 1.30 bits per heavy atom. The molecule has 0 aliphatic rings. The molecule has 0 atom stereocenters. The van der Waals surface area contributed by atoms with E-state index in [2.05, 4.69) is 31.8 Å². The largest absolute Gasteiger partial charge is 0.492 e. The van der Waals surface area contributed by atoms with Crippen LogP contribution in [-0.4, -0.2) is 12.6 Å². The summed E-state index contributed by atoms with van der Waals surface area (Å²) in [5, 5.41) is 4.07. The van der Waals surface area contributed by atoms with Crippen molar-refractivity contribution >= 4 is 11.6 Å². The summed E-state index contributed by atoms with van der Waals surface area (Å²) in [5.41, 5.74) is 1.18. The SMILES string of the molecule is C=CCCCCCOc1ccc(CNC(C)C)cc1Cl. The first-order chi connectivity index (χ1) is 9.63. The second-order valence-corrected chi connectivity index (χ2v) is 5.69. The molecule has 112 valence electrons. The highest BCUT2D eigenvalue weighted by molar-refractivity contribution is 6.32. The fraction of sp³-hybridized carbons (Fsp3) is 0.529. The molecule has 1 aromatic carbocycles. The summed E-state index contributed by atoms with van der Waals surface area (Å²) in [7, 11) is 0. The molecule has 0 aromatic heterocycles. The van der Waals surface area contributed by atoms with Gasteiger partial charge in [-0.3, -0.25) is 0 Å². The highest BCUT2D eigenvalue weighted by Gasteiger charge is 2.03. The van der Waals surface area contributed by atoms with E-state index in [0.29, 0.717) is 11.1 Å². The lowest BCUT2D eigenvalue weighted by atomic mass is 10.2. The molecule has 0 saturated carbocycles. The number of unbranched alkanes of at least 4 members (excludes halogenated alkanes) is 3. The average Bonchev–Trinajstić information content (AvgIpc) is 2.42. The predicted octanol–water partition coefficient (Wildman–Crippen LogP) is 4.96. The van der Waals surface area contributed by atoms with Crippen LogP contribution in [-0.2, 0) is 6.54 Å². The molecule has 2 nitrogen and oxygen atoms in total. The quantitative estimate of drug-likeness (QED) is 0.486. The first-order valence-corrected chi connectivity index (χ1v) is 7.76. The number of hydrogen-bond acceptors (Lipinski definition) is 2. The Labute approximate surface area is 128 Å². The topological polar surface area (TPSA) is 21.3 Å². The van der Waals surface area contributed by atoms with Gasteiger partial charge in [-0.25, -0.2) is 0 Å². The van der Waals surface area contributed by atoms with Crippen LogP contribution < -0.4 is 10.1 Å². The van der Waals surface area contributed by atoms with Gasteiger partial charge in [-0.2, -0.15) is 0 Å². The van der Waals surface area contributed by atoms with Gasteiger partial charge in [0.2, 0.25) is 0 Å². The molecule has 0 amide bonds. The molecule has 1 aromatic rings. The van der Waals surface area contributed by atoms with E-state index < -0.39 is 0 Å². The van der Waals surface area contributed by atoms with Crippen molar-refractivity contribution in [1.29, 1.82) is 0 Å². The summed E-state index contributed by atoms with van der Waals surface area (Å²) in [6.45, 7) is 9.53. The number of ether oxygens (including phenoxy) is 1. The van der Waals surface area contributed by atoms with Gasteiger partial charge in [-0.1, -0.05) is 37.6 Å². The Morgan fingerprint density at radius 3 is 2.75 bits per heavy atom. The summed E-state index contributed by atoms with van der Waals surface area (Å²) >= 11 is 6.24. The Balaban J connectivity index is 2.34. The van der Waals surface area contributed by atoms with Crippen LogP contribution in [0.5, 0.6) is 5.75 Å². The van der Waals surface area contributed by atoms with Crippen molar-refractivity contribution in [2.75, 3.05) is 6.61 Å². The number of benzene rings is 1. The summed E-state index contributed by atoms with van der Waals surface area (Å²) in [5.74, 6) is 0.781. The number of allylic oxidation sites excluding steroid dienone is 1. The molecule has 0 spiro atoms. The van der Waals surface area contributed by atoms with Crippen LogP contribution in [0.15, 0.2) is 30.9 Å². The zero-order valence-electron chi connectivity index (χ0n) is 12.6. The lowest BCUT2D eigenvalue weighted by Gasteiger charge is -2.11. The molecule has 0 radical (unpaired) electrons. The van der Waals surface area contributed by atoms with Gasteiger partial charge >= 0.3 is 0 Å². The molecule has 0 saturated heterocycles. The molecule has 0 heterocycles. The maximum absolute atomic E-state index is 6.24. The van der Waals surface area contributed by atoms with Gasteiger partial charge in [0.05, 0.1) is 11.6 Å². The van der Waals surface area contributed by atoms with E-state index in [4.69, 9.17) is 16.3 Å². The highest BCUT2D eigenvalue weighted by atomic mass is 35.5. The van der Waals surface area contributed by atoms with E-state index in [1.807, 2.05) is 18.2 Å². The molecular formula is C17H26ClNO. The van der Waals surface area contributed by atoms with E-state index in [9.17, 15) is 0 Å². The van der Waals surface area contributed by atoms with Crippen LogP contribution in [0.1, 0.15) is 45.1 Å². The van der Waals surface area contributed by atoms with Gasteiger partial charge in [0.1, 0.15) is 5.75 Å². The van der Waals surface area contributed by atoms with Crippen LogP contribution >= 0.6 is 11.6 Å². The Bertz CT molecular complexity index is 404. The third-order valence-corrected chi connectivity index (χ3v) is 3.32. The number of hydrogen-bond donors (Lipinski definition) is 1. The van der Waals surface area contributed by atoms with Crippen molar-refractivity contribution < 1.29 is 4.74 Å². The monoisotopic (exact) mass is 295 g/mol. The van der Waals surface area contributed by atoms with Gasteiger partial charge in [0.25, 0.3) is 0 Å². The minimum atomic E-state index is 0.472. The fourth-order valence-electron chi connectivity index (χ4n) is 1.84. The van der Waals surface area contributed by atoms with Gasteiger partial charge in [0, 0.05) is 12.6 Å². The standard InChI is InChI=1S/C17H26ClNO/c1-4-5-6-7-8-11-20-17-10-9-15(12-16(17)18)13-19-14(2)3/h4,9-10,12,14,19H,1,5-8,11,13H2,2-3H3. The summed E-state index contributed by atoms with van der Waals surface area (Å²) < 4.78 is 5.72. The molecule has 0 bridgehead atoms. The van der Waals surface area contributed by atoms with Gasteiger partial charge < -0.3 is 10.1 Å². The minimum Gasteiger partial charge on any atom is -0.492 e. The first kappa shape index (κ1) is 17.1. The van der Waals surface area contributed by atoms with Crippen molar-refractivity contribution in [2.24, 2.45) is 0 Å². The van der Waals surface area contributed by atoms with Crippen molar-refractivity contribution in [2.45, 2.75) is 52.1 Å². The van der Waals surface area contributed by atoms with Crippen molar-refractivity contribution in [3.63, 3.8) is 0 Å². The van der Waals surface area contributed by atoms with Crippen molar-refractivity contribution in [3.8, 4) is 5.75 Å². The molecule has 0 unspecified atom stereocenters. The van der Waals surface area contributed by atoms with Crippen molar-refractivity contribution in [3.05, 3.63) is 41.4 Å². The number of nitrogens with one attached hydrogen (secondary N) is 1. The van der Waals surface area contributed by atoms with E-state index in [1.54, 1.807) is 0 Å². The van der Waals surface area contributed by atoms with E-state index >= 15 is 0 Å². The summed E-state index contributed by atoms with van der Waals surface area (Å²) in [6, 6.07) is 6.47. The molecule has 3 heteroatoms. The lowest BCUT2D eigenvalue weighted by Crippen LogP contribution is -2.21. The predicted molar refractivity (Wildman–Crippen MR) is 87.6 cm³/mol. The van der Waals surface area contributed by atoms with Gasteiger partial charge in [0.15, 0.2) is 0 Å². The maximum atomic E-state index is 6.24. The van der Waals surface area contributed by atoms with E-state index in [-0.39, 0.29) is 0 Å². The van der Waals surface area contributed by atoms with E-state index in [0.717, 1.165) is 31.7 Å². The van der Waals surface area contributed by atoms with Crippen LogP contribution in [0, 0.1) is 0 Å². The molecule has 0 aliphatic carbocycles. The Kier molecular flexibility index (Phi) is 8.40. The van der Waals surface area contributed by atoms with Gasteiger partial charge in [-0.15, -0.1) is 6.58 Å².